The molecule has 0 unspecified atom stereocenters. The summed E-state index contributed by atoms with van der Waals surface area (Å²) in [5, 5.41) is 1.49. The van der Waals surface area contributed by atoms with Gasteiger partial charge in [0.25, 0.3) is 0 Å². The van der Waals surface area contributed by atoms with E-state index in [0.717, 1.165) is 18.2 Å². The molecule has 0 saturated carbocycles. The molecule has 0 nitrogen and oxygen atoms in total. The normalized spacial score (nSPS) is 10.7. The van der Waals surface area contributed by atoms with Crippen LogP contribution in [-0.4, -0.2) is 0 Å². The minimum Gasteiger partial charge on any atom is -0.205 e. The zero-order chi connectivity index (χ0) is 19.9. The Balaban J connectivity index is 1.77. The summed E-state index contributed by atoms with van der Waals surface area (Å²) in [6, 6.07) is 13.8. The Morgan fingerprint density at radius 1 is 0.857 bits per heavy atom. The molecule has 28 heavy (non-hydrogen) atoms. The van der Waals surface area contributed by atoms with Gasteiger partial charge in [0, 0.05) is 10.9 Å². The highest BCUT2D eigenvalue weighted by molar-refractivity contribution is 6.30. The average molecular weight is 397 g/mol. The van der Waals surface area contributed by atoms with Gasteiger partial charge >= 0.3 is 0 Å². The molecule has 0 atom stereocenters. The molecule has 0 aromatic heterocycles. The molecule has 0 bridgehead atoms. The van der Waals surface area contributed by atoms with Crippen LogP contribution in [0.2, 0.25) is 5.02 Å². The Morgan fingerprint density at radius 2 is 1.68 bits per heavy atom. The fourth-order valence-corrected chi connectivity index (χ4v) is 3.36. The number of benzene rings is 3. The van der Waals surface area contributed by atoms with Crippen LogP contribution in [0.15, 0.2) is 48.5 Å². The summed E-state index contributed by atoms with van der Waals surface area (Å²) < 4.78 is 28.3. The van der Waals surface area contributed by atoms with Crippen molar-refractivity contribution in [3.63, 3.8) is 0 Å². The molecule has 0 heterocycles. The second kappa shape index (κ2) is 9.71. The highest BCUT2D eigenvalue weighted by Crippen LogP contribution is 2.23. The van der Waals surface area contributed by atoms with Crippen molar-refractivity contribution in [2.45, 2.75) is 45.4 Å². The van der Waals surface area contributed by atoms with E-state index in [1.807, 2.05) is 18.2 Å². The number of aryl methyl sites for hydroxylation is 1. The van der Waals surface area contributed by atoms with Gasteiger partial charge in [-0.3, -0.25) is 0 Å². The molecule has 0 spiro atoms. The van der Waals surface area contributed by atoms with Crippen molar-refractivity contribution >= 4 is 22.4 Å². The highest BCUT2D eigenvalue weighted by atomic mass is 35.5. The fraction of sp³-hybridized carbons (Fsp3) is 0.280. The van der Waals surface area contributed by atoms with Crippen molar-refractivity contribution in [1.82, 2.24) is 0 Å². The van der Waals surface area contributed by atoms with E-state index in [1.165, 1.54) is 43.4 Å². The topological polar surface area (TPSA) is 0 Å². The van der Waals surface area contributed by atoms with E-state index < -0.39 is 5.82 Å². The first-order chi connectivity index (χ1) is 13.6. The molecular weight excluding hydrogens is 374 g/mol. The maximum Gasteiger partial charge on any atom is 0.146 e. The summed E-state index contributed by atoms with van der Waals surface area (Å²) in [6.07, 6.45) is 7.22. The van der Waals surface area contributed by atoms with E-state index >= 15 is 0 Å². The maximum absolute atomic E-state index is 14.8. The molecule has 3 aromatic carbocycles. The third-order valence-corrected chi connectivity index (χ3v) is 5.16. The molecule has 3 rings (SSSR count). The molecule has 3 aromatic rings. The van der Waals surface area contributed by atoms with E-state index in [4.69, 9.17) is 11.6 Å². The molecule has 0 fully saturated rings. The smallest absolute Gasteiger partial charge is 0.146 e. The van der Waals surface area contributed by atoms with Gasteiger partial charge in [0.05, 0.1) is 10.6 Å². The Labute approximate surface area is 170 Å². The SMILES string of the molecule is CCCCCCCc1ccc2c(F)c(C#Cc3ccc(Cl)c(F)c3)ccc2c1. The number of rotatable bonds is 6. The highest BCUT2D eigenvalue weighted by Gasteiger charge is 2.07. The van der Waals surface area contributed by atoms with Crippen molar-refractivity contribution < 1.29 is 8.78 Å². The predicted octanol–water partition coefficient (Wildman–Crippen LogP) is 7.68. The predicted molar refractivity (Wildman–Crippen MR) is 114 cm³/mol. The van der Waals surface area contributed by atoms with E-state index in [9.17, 15) is 8.78 Å². The standard InChI is InChI=1S/C25H23ClF2/c1-2-3-4-5-6-7-18-9-14-22-21(16-18)13-12-20(25(22)28)11-8-19-10-15-23(26)24(27)17-19/h9-10,12-17H,2-7H2,1H3. The summed E-state index contributed by atoms with van der Waals surface area (Å²) >= 11 is 5.67. The van der Waals surface area contributed by atoms with Gasteiger partial charge in [-0.25, -0.2) is 8.78 Å². The Hall–Kier alpha value is -2.37. The van der Waals surface area contributed by atoms with Crippen LogP contribution in [0.25, 0.3) is 10.8 Å². The first-order valence-electron chi connectivity index (χ1n) is 9.76. The Morgan fingerprint density at radius 3 is 2.46 bits per heavy atom. The van der Waals surface area contributed by atoms with Crippen molar-refractivity contribution in [3.05, 3.63) is 81.9 Å². The molecule has 0 N–H and O–H groups in total. The number of unbranched alkanes of at least 4 members (excludes halogenated alkanes) is 4. The number of hydrogen-bond donors (Lipinski definition) is 0. The lowest BCUT2D eigenvalue weighted by Crippen LogP contribution is -1.90. The van der Waals surface area contributed by atoms with Crippen molar-refractivity contribution in [2.75, 3.05) is 0 Å². The lowest BCUT2D eigenvalue weighted by molar-refractivity contribution is 0.628. The van der Waals surface area contributed by atoms with Gasteiger partial charge in [0.2, 0.25) is 0 Å². The Kier molecular flexibility index (Phi) is 7.06. The monoisotopic (exact) mass is 396 g/mol. The van der Waals surface area contributed by atoms with Crippen LogP contribution in [0.4, 0.5) is 8.78 Å². The largest absolute Gasteiger partial charge is 0.205 e. The van der Waals surface area contributed by atoms with Gasteiger partial charge in [0.15, 0.2) is 0 Å². The third-order valence-electron chi connectivity index (χ3n) is 4.85. The van der Waals surface area contributed by atoms with Gasteiger partial charge in [-0.05, 0) is 48.1 Å². The second-order valence-corrected chi connectivity index (χ2v) is 7.43. The van der Waals surface area contributed by atoms with Crippen LogP contribution < -0.4 is 0 Å². The summed E-state index contributed by atoms with van der Waals surface area (Å²) in [5.41, 5.74) is 1.99. The minimum absolute atomic E-state index is 0.0450. The average Bonchev–Trinajstić information content (AvgIpc) is 2.70. The summed E-state index contributed by atoms with van der Waals surface area (Å²) in [4.78, 5) is 0. The van der Waals surface area contributed by atoms with Crippen molar-refractivity contribution in [1.29, 1.82) is 0 Å². The molecule has 0 radical (unpaired) electrons. The quantitative estimate of drug-likeness (QED) is 0.296. The van der Waals surface area contributed by atoms with Crippen LogP contribution in [-0.2, 0) is 6.42 Å². The molecule has 0 amide bonds. The summed E-state index contributed by atoms with van der Waals surface area (Å²) in [7, 11) is 0. The lowest BCUT2D eigenvalue weighted by Gasteiger charge is -2.06. The minimum atomic E-state index is -0.533. The van der Waals surface area contributed by atoms with Crippen molar-refractivity contribution in [2.24, 2.45) is 0 Å². The van der Waals surface area contributed by atoms with Crippen molar-refractivity contribution in [3.8, 4) is 11.8 Å². The molecule has 144 valence electrons. The van der Waals surface area contributed by atoms with Gasteiger partial charge in [0.1, 0.15) is 11.6 Å². The Bertz CT molecular complexity index is 1030. The van der Waals surface area contributed by atoms with Crippen LogP contribution in [0, 0.1) is 23.5 Å². The number of fused-ring (bicyclic) bond motifs is 1. The second-order valence-electron chi connectivity index (χ2n) is 7.03. The van der Waals surface area contributed by atoms with Gasteiger partial charge in [-0.15, -0.1) is 0 Å². The first-order valence-corrected chi connectivity index (χ1v) is 10.1. The maximum atomic E-state index is 14.8. The van der Waals surface area contributed by atoms with Gasteiger partial charge < -0.3 is 0 Å². The first kappa shape index (κ1) is 20.4. The van der Waals surface area contributed by atoms with Gasteiger partial charge in [-0.2, -0.15) is 0 Å². The van der Waals surface area contributed by atoms with Gasteiger partial charge in [-0.1, -0.05) is 80.3 Å². The molecule has 0 saturated heterocycles. The lowest BCUT2D eigenvalue weighted by atomic mass is 10.00. The zero-order valence-corrected chi connectivity index (χ0v) is 16.8. The third kappa shape index (κ3) is 5.12. The summed E-state index contributed by atoms with van der Waals surface area (Å²) in [5.74, 6) is 4.73. The number of halogens is 3. The van der Waals surface area contributed by atoms with E-state index in [-0.39, 0.29) is 10.8 Å². The van der Waals surface area contributed by atoms with Crippen LogP contribution in [0.1, 0.15) is 55.7 Å². The van der Waals surface area contributed by atoms with Crippen LogP contribution >= 0.6 is 11.6 Å². The molecule has 0 aliphatic carbocycles. The van der Waals surface area contributed by atoms with E-state index in [1.54, 1.807) is 12.1 Å². The number of hydrogen-bond acceptors (Lipinski definition) is 0. The molecule has 0 aliphatic heterocycles. The molecule has 0 aliphatic rings. The van der Waals surface area contributed by atoms with Crippen LogP contribution in [0.5, 0.6) is 0 Å². The van der Waals surface area contributed by atoms with Crippen LogP contribution in [0.3, 0.4) is 0 Å². The molecule has 3 heteroatoms. The fourth-order valence-electron chi connectivity index (χ4n) is 3.24. The summed E-state index contributed by atoms with van der Waals surface area (Å²) in [6.45, 7) is 2.21. The van der Waals surface area contributed by atoms with E-state index in [0.29, 0.717) is 16.5 Å². The van der Waals surface area contributed by atoms with E-state index in [2.05, 4.69) is 24.8 Å². The zero-order valence-electron chi connectivity index (χ0n) is 16.0. The molecular formula is C25H23ClF2.